The maximum atomic E-state index is 12.9. The summed E-state index contributed by atoms with van der Waals surface area (Å²) in [6, 6.07) is 11.7. The van der Waals surface area contributed by atoms with E-state index in [4.69, 9.17) is 10.5 Å². The average Bonchev–Trinajstić information content (AvgIpc) is 3.44. The van der Waals surface area contributed by atoms with Crippen molar-refractivity contribution in [1.29, 1.82) is 0 Å². The minimum absolute atomic E-state index is 0.0236. The highest BCUT2D eigenvalue weighted by molar-refractivity contribution is 5.94. The molecule has 5 heteroatoms. The van der Waals surface area contributed by atoms with Gasteiger partial charge in [-0.25, -0.2) is 0 Å². The number of rotatable bonds is 6. The van der Waals surface area contributed by atoms with Crippen LogP contribution in [-0.2, 0) is 13.1 Å². The van der Waals surface area contributed by atoms with E-state index in [2.05, 4.69) is 4.98 Å². The molecule has 1 fully saturated rings. The van der Waals surface area contributed by atoms with Crippen LogP contribution in [-0.4, -0.2) is 28.9 Å². The summed E-state index contributed by atoms with van der Waals surface area (Å²) in [6.07, 6.45) is 3.75. The van der Waals surface area contributed by atoms with E-state index >= 15 is 0 Å². The predicted octanol–water partition coefficient (Wildman–Crippen LogP) is 2.35. The highest BCUT2D eigenvalue weighted by Gasteiger charge is 2.33. The van der Waals surface area contributed by atoms with Crippen LogP contribution in [0.1, 0.15) is 34.5 Å². The highest BCUT2D eigenvalue weighted by Crippen LogP contribution is 2.31. The van der Waals surface area contributed by atoms with Crippen LogP contribution in [0, 0.1) is 0 Å². The Kier molecular flexibility index (Phi) is 4.57. The molecule has 1 aromatic heterocycles. The van der Waals surface area contributed by atoms with Crippen LogP contribution in [0.2, 0.25) is 0 Å². The molecule has 23 heavy (non-hydrogen) atoms. The van der Waals surface area contributed by atoms with E-state index in [0.717, 1.165) is 29.8 Å². The van der Waals surface area contributed by atoms with Crippen LogP contribution in [0.4, 0.5) is 0 Å². The summed E-state index contributed by atoms with van der Waals surface area (Å²) in [5.74, 6) is 0.832. The van der Waals surface area contributed by atoms with Crippen molar-refractivity contribution in [2.24, 2.45) is 5.73 Å². The lowest BCUT2D eigenvalue weighted by molar-refractivity contribution is 0.0728. The summed E-state index contributed by atoms with van der Waals surface area (Å²) in [5.41, 5.74) is 8.01. The molecule has 0 aliphatic heterocycles. The molecule has 0 radical (unpaired) electrons. The second-order valence-electron chi connectivity index (χ2n) is 5.72. The lowest BCUT2D eigenvalue weighted by Crippen LogP contribution is -2.32. The standard InChI is InChI=1S/C18H21N3O2/c1-23-17-5-3-2-4-14(17)12-21(16-6-7-16)18(22)13-8-9-20-15(10-13)11-19/h2-5,8-10,16H,6-7,11-12,19H2,1H3. The molecule has 0 bridgehead atoms. The van der Waals surface area contributed by atoms with E-state index in [1.165, 1.54) is 0 Å². The summed E-state index contributed by atoms with van der Waals surface area (Å²) >= 11 is 0. The number of nitrogens with two attached hydrogens (primary N) is 1. The molecule has 0 unspecified atom stereocenters. The Hall–Kier alpha value is -2.40. The van der Waals surface area contributed by atoms with Gasteiger partial charge in [0, 0.05) is 36.5 Å². The fourth-order valence-electron chi connectivity index (χ4n) is 2.66. The number of carbonyl (C=O) groups excluding carboxylic acids is 1. The molecule has 1 heterocycles. The smallest absolute Gasteiger partial charge is 0.254 e. The third kappa shape index (κ3) is 3.51. The van der Waals surface area contributed by atoms with Crippen molar-refractivity contribution in [3.8, 4) is 5.75 Å². The zero-order valence-electron chi connectivity index (χ0n) is 13.2. The predicted molar refractivity (Wildman–Crippen MR) is 88.0 cm³/mol. The Bertz CT molecular complexity index is 698. The SMILES string of the molecule is COc1ccccc1CN(C(=O)c1ccnc(CN)c1)C1CC1. The van der Waals surface area contributed by atoms with Crippen LogP contribution < -0.4 is 10.5 Å². The van der Waals surface area contributed by atoms with Gasteiger partial charge in [0.1, 0.15) is 5.75 Å². The number of benzene rings is 1. The molecule has 1 amide bonds. The van der Waals surface area contributed by atoms with Crippen molar-refractivity contribution < 1.29 is 9.53 Å². The minimum Gasteiger partial charge on any atom is -0.496 e. The second-order valence-corrected chi connectivity index (χ2v) is 5.72. The molecular weight excluding hydrogens is 290 g/mol. The molecule has 1 saturated carbocycles. The van der Waals surface area contributed by atoms with Gasteiger partial charge in [0.15, 0.2) is 0 Å². The molecule has 1 aliphatic rings. The Morgan fingerprint density at radius 2 is 2.13 bits per heavy atom. The number of hydrogen-bond acceptors (Lipinski definition) is 4. The zero-order chi connectivity index (χ0) is 16.2. The Labute approximate surface area is 136 Å². The van der Waals surface area contributed by atoms with E-state index < -0.39 is 0 Å². The number of carbonyl (C=O) groups is 1. The van der Waals surface area contributed by atoms with Gasteiger partial charge in [-0.05, 0) is 31.0 Å². The van der Waals surface area contributed by atoms with Gasteiger partial charge in [-0.1, -0.05) is 18.2 Å². The van der Waals surface area contributed by atoms with Crippen molar-refractivity contribution in [1.82, 2.24) is 9.88 Å². The van der Waals surface area contributed by atoms with E-state index in [-0.39, 0.29) is 5.91 Å². The van der Waals surface area contributed by atoms with Crippen LogP contribution >= 0.6 is 0 Å². The molecule has 3 rings (SSSR count). The molecule has 5 nitrogen and oxygen atoms in total. The first-order valence-corrected chi connectivity index (χ1v) is 7.80. The third-order valence-corrected chi connectivity index (χ3v) is 4.05. The maximum Gasteiger partial charge on any atom is 0.254 e. The zero-order valence-corrected chi connectivity index (χ0v) is 13.2. The number of hydrogen-bond donors (Lipinski definition) is 1. The number of ether oxygens (including phenoxy) is 1. The minimum atomic E-state index is 0.0236. The lowest BCUT2D eigenvalue weighted by Gasteiger charge is -2.23. The molecular formula is C18H21N3O2. The number of amides is 1. The Balaban J connectivity index is 1.85. The summed E-state index contributed by atoms with van der Waals surface area (Å²) in [4.78, 5) is 19.0. The van der Waals surface area contributed by atoms with Gasteiger partial charge in [0.25, 0.3) is 5.91 Å². The van der Waals surface area contributed by atoms with Gasteiger partial charge in [-0.2, -0.15) is 0 Å². The van der Waals surface area contributed by atoms with Crippen LogP contribution in [0.5, 0.6) is 5.75 Å². The molecule has 2 aromatic rings. The number of nitrogens with zero attached hydrogens (tertiary/aromatic N) is 2. The molecule has 120 valence electrons. The summed E-state index contributed by atoms with van der Waals surface area (Å²) in [5, 5.41) is 0. The molecule has 1 aromatic carbocycles. The van der Waals surface area contributed by atoms with Crippen LogP contribution in [0.15, 0.2) is 42.6 Å². The van der Waals surface area contributed by atoms with Gasteiger partial charge >= 0.3 is 0 Å². The third-order valence-electron chi connectivity index (χ3n) is 4.05. The van der Waals surface area contributed by atoms with E-state index in [9.17, 15) is 4.79 Å². The normalized spacial score (nSPS) is 13.7. The highest BCUT2D eigenvalue weighted by atomic mass is 16.5. The Morgan fingerprint density at radius 1 is 1.35 bits per heavy atom. The van der Waals surface area contributed by atoms with Gasteiger partial charge in [0.05, 0.1) is 12.8 Å². The van der Waals surface area contributed by atoms with E-state index in [1.807, 2.05) is 29.2 Å². The van der Waals surface area contributed by atoms with Gasteiger partial charge in [0.2, 0.25) is 0 Å². The van der Waals surface area contributed by atoms with Crippen molar-refractivity contribution in [2.45, 2.75) is 32.0 Å². The van der Waals surface area contributed by atoms with Crippen molar-refractivity contribution in [3.63, 3.8) is 0 Å². The van der Waals surface area contributed by atoms with Gasteiger partial charge < -0.3 is 15.4 Å². The van der Waals surface area contributed by atoms with E-state index in [1.54, 1.807) is 25.4 Å². The summed E-state index contributed by atoms with van der Waals surface area (Å²) in [7, 11) is 1.65. The number of aromatic nitrogens is 1. The van der Waals surface area contributed by atoms with Crippen LogP contribution in [0.3, 0.4) is 0 Å². The monoisotopic (exact) mass is 311 g/mol. The lowest BCUT2D eigenvalue weighted by atomic mass is 10.1. The quantitative estimate of drug-likeness (QED) is 0.889. The van der Waals surface area contributed by atoms with Gasteiger partial charge in [-0.15, -0.1) is 0 Å². The topological polar surface area (TPSA) is 68.5 Å². The van der Waals surface area contributed by atoms with Crippen molar-refractivity contribution >= 4 is 5.91 Å². The van der Waals surface area contributed by atoms with Gasteiger partial charge in [-0.3, -0.25) is 9.78 Å². The maximum absolute atomic E-state index is 12.9. The molecule has 2 N–H and O–H groups in total. The summed E-state index contributed by atoms with van der Waals surface area (Å²) < 4.78 is 5.40. The largest absolute Gasteiger partial charge is 0.496 e. The van der Waals surface area contributed by atoms with Crippen LogP contribution in [0.25, 0.3) is 0 Å². The number of para-hydroxylation sites is 1. The fraction of sp³-hybridized carbons (Fsp3) is 0.333. The molecule has 0 atom stereocenters. The number of pyridine rings is 1. The molecule has 1 aliphatic carbocycles. The van der Waals surface area contributed by atoms with Crippen molar-refractivity contribution in [3.05, 3.63) is 59.4 Å². The fourth-order valence-corrected chi connectivity index (χ4v) is 2.66. The Morgan fingerprint density at radius 3 is 2.83 bits per heavy atom. The second kappa shape index (κ2) is 6.79. The first kappa shape index (κ1) is 15.5. The van der Waals surface area contributed by atoms with Crippen molar-refractivity contribution in [2.75, 3.05) is 7.11 Å². The molecule has 0 saturated heterocycles. The average molecular weight is 311 g/mol. The first-order valence-electron chi connectivity index (χ1n) is 7.80. The summed E-state index contributed by atoms with van der Waals surface area (Å²) in [6.45, 7) is 0.880. The number of methoxy groups -OCH3 is 1. The van der Waals surface area contributed by atoms with E-state index in [0.29, 0.717) is 24.7 Å². The first-order chi connectivity index (χ1) is 11.2. The molecule has 0 spiro atoms.